The van der Waals surface area contributed by atoms with Crippen LogP contribution in [0.1, 0.15) is 10.7 Å². The first-order valence-electron chi connectivity index (χ1n) is 5.14. The number of hydrogen-bond acceptors (Lipinski definition) is 6. The fourth-order valence-electron chi connectivity index (χ4n) is 1.14. The largest absolute Gasteiger partial charge is 0.480 e. The fourth-order valence-corrected chi connectivity index (χ4v) is 2.59. The molecule has 1 heterocycles. The summed E-state index contributed by atoms with van der Waals surface area (Å²) in [6.07, 6.45) is 0. The number of nitrogens with one attached hydrogen (secondary N) is 1. The SMILES string of the molecule is Cc1nc(CSCC(=O)N[C@@H](CO)C(=O)O)cs1. The maximum atomic E-state index is 11.4. The van der Waals surface area contributed by atoms with Crippen molar-refractivity contribution in [1.82, 2.24) is 10.3 Å². The van der Waals surface area contributed by atoms with Gasteiger partial charge >= 0.3 is 5.97 Å². The number of rotatable bonds is 7. The summed E-state index contributed by atoms with van der Waals surface area (Å²) in [5.41, 5.74) is 0.909. The van der Waals surface area contributed by atoms with Crippen molar-refractivity contribution in [2.75, 3.05) is 12.4 Å². The standard InChI is InChI=1S/C10H14N2O4S2/c1-6-11-7(4-18-6)3-17-5-9(14)12-8(2-13)10(15)16/h4,8,13H,2-3,5H2,1H3,(H,12,14)(H,15,16)/t8-/m0/s1. The third-order valence-electron chi connectivity index (χ3n) is 1.97. The van der Waals surface area contributed by atoms with E-state index in [1.807, 2.05) is 12.3 Å². The zero-order valence-corrected chi connectivity index (χ0v) is 11.4. The third kappa shape index (κ3) is 5.03. The van der Waals surface area contributed by atoms with E-state index in [1.54, 1.807) is 11.3 Å². The number of carboxylic acids is 1. The number of thiazole rings is 1. The molecule has 0 saturated heterocycles. The van der Waals surface area contributed by atoms with Crippen molar-refractivity contribution in [2.45, 2.75) is 18.7 Å². The summed E-state index contributed by atoms with van der Waals surface area (Å²) in [6, 6.07) is -1.24. The van der Waals surface area contributed by atoms with Crippen molar-refractivity contribution in [3.8, 4) is 0 Å². The predicted octanol–water partition coefficient (Wildman–Crippen LogP) is 0.246. The number of aliphatic hydroxyl groups excluding tert-OH is 1. The van der Waals surface area contributed by atoms with Crippen LogP contribution in [0.25, 0.3) is 0 Å². The van der Waals surface area contributed by atoms with Crippen LogP contribution in [0.15, 0.2) is 5.38 Å². The summed E-state index contributed by atoms with van der Waals surface area (Å²) in [5, 5.41) is 22.5. The summed E-state index contributed by atoms with van der Waals surface area (Å²) < 4.78 is 0. The Kier molecular flexibility index (Phi) is 6.10. The summed E-state index contributed by atoms with van der Waals surface area (Å²) in [6.45, 7) is 1.29. The predicted molar refractivity (Wildman–Crippen MR) is 69.7 cm³/mol. The van der Waals surface area contributed by atoms with E-state index in [9.17, 15) is 9.59 Å². The molecule has 0 aliphatic carbocycles. The molecule has 100 valence electrons. The van der Waals surface area contributed by atoms with Crippen LogP contribution < -0.4 is 5.32 Å². The van der Waals surface area contributed by atoms with Crippen molar-refractivity contribution >= 4 is 35.0 Å². The Labute approximate surface area is 112 Å². The number of amides is 1. The van der Waals surface area contributed by atoms with Crippen LogP contribution in [0.4, 0.5) is 0 Å². The number of carbonyl (C=O) groups is 2. The first-order chi connectivity index (χ1) is 8.52. The van der Waals surface area contributed by atoms with Gasteiger partial charge in [0, 0.05) is 11.1 Å². The Hall–Kier alpha value is -1.12. The number of aliphatic carboxylic acids is 1. The molecule has 1 amide bonds. The normalized spacial score (nSPS) is 12.1. The van der Waals surface area contributed by atoms with Crippen LogP contribution >= 0.6 is 23.1 Å². The monoisotopic (exact) mass is 290 g/mol. The van der Waals surface area contributed by atoms with Crippen molar-refractivity contribution in [2.24, 2.45) is 0 Å². The van der Waals surface area contributed by atoms with E-state index in [-0.39, 0.29) is 5.75 Å². The van der Waals surface area contributed by atoms with Gasteiger partial charge in [0.05, 0.1) is 23.1 Å². The van der Waals surface area contributed by atoms with Gasteiger partial charge in [0.15, 0.2) is 0 Å². The lowest BCUT2D eigenvalue weighted by molar-refractivity contribution is -0.142. The van der Waals surface area contributed by atoms with Gasteiger partial charge in [-0.1, -0.05) is 0 Å². The van der Waals surface area contributed by atoms with Crippen LogP contribution in [0.3, 0.4) is 0 Å². The Morgan fingerprint density at radius 1 is 1.61 bits per heavy atom. The van der Waals surface area contributed by atoms with Gasteiger partial charge in [-0.3, -0.25) is 4.79 Å². The molecule has 0 aromatic carbocycles. The molecule has 8 heteroatoms. The molecule has 0 saturated carbocycles. The van der Waals surface area contributed by atoms with Gasteiger partial charge in [-0.2, -0.15) is 0 Å². The lowest BCUT2D eigenvalue weighted by Gasteiger charge is -2.10. The molecular formula is C10H14N2O4S2. The summed E-state index contributed by atoms with van der Waals surface area (Å²) in [5.74, 6) is -0.908. The summed E-state index contributed by atoms with van der Waals surface area (Å²) in [7, 11) is 0. The Balaban J connectivity index is 2.26. The van der Waals surface area contributed by atoms with E-state index >= 15 is 0 Å². The van der Waals surface area contributed by atoms with E-state index in [2.05, 4.69) is 10.3 Å². The molecule has 0 aliphatic heterocycles. The zero-order chi connectivity index (χ0) is 13.5. The maximum absolute atomic E-state index is 11.4. The van der Waals surface area contributed by atoms with Crippen LogP contribution in [0.5, 0.6) is 0 Å². The van der Waals surface area contributed by atoms with Crippen LogP contribution in [-0.4, -0.2) is 45.5 Å². The Morgan fingerprint density at radius 3 is 2.83 bits per heavy atom. The number of nitrogens with zero attached hydrogens (tertiary/aromatic N) is 1. The minimum absolute atomic E-state index is 0.139. The van der Waals surface area contributed by atoms with Gasteiger partial charge in [0.25, 0.3) is 0 Å². The van der Waals surface area contributed by atoms with E-state index in [0.717, 1.165) is 10.7 Å². The van der Waals surface area contributed by atoms with Gasteiger partial charge in [-0.05, 0) is 6.92 Å². The van der Waals surface area contributed by atoms with Gasteiger partial charge in [0.1, 0.15) is 6.04 Å². The number of aliphatic hydroxyl groups is 1. The topological polar surface area (TPSA) is 99.5 Å². The quantitative estimate of drug-likeness (QED) is 0.665. The number of carboxylic acid groups (broad SMARTS) is 1. The van der Waals surface area contributed by atoms with Crippen molar-refractivity contribution in [3.05, 3.63) is 16.1 Å². The van der Waals surface area contributed by atoms with Gasteiger partial charge < -0.3 is 15.5 Å². The molecule has 0 aliphatic rings. The van der Waals surface area contributed by atoms with Gasteiger partial charge in [-0.25, -0.2) is 9.78 Å². The van der Waals surface area contributed by atoms with E-state index < -0.39 is 24.5 Å². The number of aryl methyl sites for hydroxylation is 1. The van der Waals surface area contributed by atoms with Crippen molar-refractivity contribution in [3.63, 3.8) is 0 Å². The molecule has 0 unspecified atom stereocenters. The highest BCUT2D eigenvalue weighted by atomic mass is 32.2. The molecule has 1 atom stereocenters. The Morgan fingerprint density at radius 2 is 2.33 bits per heavy atom. The molecule has 3 N–H and O–H groups in total. The first-order valence-corrected chi connectivity index (χ1v) is 7.18. The van der Waals surface area contributed by atoms with Gasteiger partial charge in [-0.15, -0.1) is 23.1 Å². The average molecular weight is 290 g/mol. The van der Waals surface area contributed by atoms with E-state index in [1.165, 1.54) is 11.8 Å². The van der Waals surface area contributed by atoms with E-state index in [0.29, 0.717) is 5.75 Å². The second-order valence-corrected chi connectivity index (χ2v) is 5.54. The highest BCUT2D eigenvalue weighted by Gasteiger charge is 2.18. The molecule has 0 radical (unpaired) electrons. The minimum atomic E-state index is -1.24. The van der Waals surface area contributed by atoms with E-state index in [4.69, 9.17) is 10.2 Å². The molecule has 1 aromatic rings. The number of hydrogen-bond donors (Lipinski definition) is 3. The highest BCUT2D eigenvalue weighted by Crippen LogP contribution is 2.14. The van der Waals surface area contributed by atoms with Gasteiger partial charge in [0.2, 0.25) is 5.91 Å². The van der Waals surface area contributed by atoms with Crippen molar-refractivity contribution in [1.29, 1.82) is 0 Å². The zero-order valence-electron chi connectivity index (χ0n) is 9.75. The molecular weight excluding hydrogens is 276 g/mol. The van der Waals surface area contributed by atoms with Crippen LogP contribution in [0.2, 0.25) is 0 Å². The molecule has 6 nitrogen and oxygen atoms in total. The second kappa shape index (κ2) is 7.34. The lowest BCUT2D eigenvalue weighted by Crippen LogP contribution is -2.44. The maximum Gasteiger partial charge on any atom is 0.328 e. The Bertz CT molecular complexity index is 422. The smallest absolute Gasteiger partial charge is 0.328 e. The molecule has 18 heavy (non-hydrogen) atoms. The van der Waals surface area contributed by atoms with Crippen LogP contribution in [-0.2, 0) is 15.3 Å². The molecule has 0 fully saturated rings. The molecule has 0 spiro atoms. The fraction of sp³-hybridized carbons (Fsp3) is 0.500. The summed E-state index contributed by atoms with van der Waals surface area (Å²) in [4.78, 5) is 26.2. The molecule has 1 rings (SSSR count). The van der Waals surface area contributed by atoms with Crippen LogP contribution in [0, 0.1) is 6.92 Å². The minimum Gasteiger partial charge on any atom is -0.480 e. The lowest BCUT2D eigenvalue weighted by atomic mass is 10.3. The molecule has 0 bridgehead atoms. The molecule has 1 aromatic heterocycles. The van der Waals surface area contributed by atoms with Crippen molar-refractivity contribution < 1.29 is 19.8 Å². The number of thioether (sulfide) groups is 1. The summed E-state index contributed by atoms with van der Waals surface area (Å²) >= 11 is 2.90. The second-order valence-electron chi connectivity index (χ2n) is 3.49. The first kappa shape index (κ1) is 14.9. The average Bonchev–Trinajstić information content (AvgIpc) is 2.71. The number of carbonyl (C=O) groups excluding carboxylic acids is 1. The third-order valence-corrected chi connectivity index (χ3v) is 3.75. The number of aromatic nitrogens is 1. The highest BCUT2D eigenvalue weighted by molar-refractivity contribution is 7.99.